The number of imidazole rings is 1. The number of rotatable bonds is 2. The van der Waals surface area contributed by atoms with E-state index in [-0.39, 0.29) is 11.9 Å². The molecule has 3 rings (SSSR count). The first-order valence-corrected chi connectivity index (χ1v) is 7.11. The SMILES string of the molecule is Cn1cnc(C(=O)N2[C@H](C(=O)O)C[C@@H]3CCCC[C@@H]32)c1. The summed E-state index contributed by atoms with van der Waals surface area (Å²) in [6.07, 6.45) is 7.94. The predicted molar refractivity (Wildman–Crippen MR) is 71.2 cm³/mol. The molecule has 1 saturated heterocycles. The predicted octanol–water partition coefficient (Wildman–Crippen LogP) is 1.28. The highest BCUT2D eigenvalue weighted by Gasteiger charge is 2.48. The summed E-state index contributed by atoms with van der Waals surface area (Å²) >= 11 is 0. The maximum Gasteiger partial charge on any atom is 0.326 e. The van der Waals surface area contributed by atoms with Gasteiger partial charge >= 0.3 is 5.97 Å². The number of carbonyl (C=O) groups excluding carboxylic acids is 1. The molecule has 0 aromatic carbocycles. The quantitative estimate of drug-likeness (QED) is 0.883. The molecule has 6 nitrogen and oxygen atoms in total. The largest absolute Gasteiger partial charge is 0.480 e. The van der Waals surface area contributed by atoms with Crippen LogP contribution in [0, 0.1) is 5.92 Å². The standard InChI is InChI=1S/C14H19N3O3/c1-16-7-10(15-8-16)13(18)17-11-5-3-2-4-9(11)6-12(17)14(19)20/h7-9,11-12H,2-6H2,1H3,(H,19,20)/t9-,11-,12-/m0/s1. The Bertz CT molecular complexity index is 540. The molecule has 1 saturated carbocycles. The number of aromatic nitrogens is 2. The highest BCUT2D eigenvalue weighted by molar-refractivity contribution is 5.95. The van der Waals surface area contributed by atoms with E-state index in [0.29, 0.717) is 18.0 Å². The smallest absolute Gasteiger partial charge is 0.326 e. The van der Waals surface area contributed by atoms with Gasteiger partial charge in [0.15, 0.2) is 0 Å². The lowest BCUT2D eigenvalue weighted by Gasteiger charge is -2.32. The van der Waals surface area contributed by atoms with E-state index < -0.39 is 12.0 Å². The Balaban J connectivity index is 1.90. The lowest BCUT2D eigenvalue weighted by Crippen LogP contribution is -2.46. The van der Waals surface area contributed by atoms with Gasteiger partial charge < -0.3 is 14.6 Å². The molecule has 2 aliphatic rings. The third-order valence-corrected chi connectivity index (χ3v) is 4.53. The highest BCUT2D eigenvalue weighted by atomic mass is 16.4. The van der Waals surface area contributed by atoms with Crippen LogP contribution in [0.2, 0.25) is 0 Å². The molecule has 0 radical (unpaired) electrons. The van der Waals surface area contributed by atoms with E-state index in [9.17, 15) is 14.7 Å². The molecule has 0 bridgehead atoms. The summed E-state index contributed by atoms with van der Waals surface area (Å²) in [7, 11) is 1.80. The van der Waals surface area contributed by atoms with E-state index in [2.05, 4.69) is 4.98 Å². The van der Waals surface area contributed by atoms with Gasteiger partial charge in [-0.1, -0.05) is 12.8 Å². The van der Waals surface area contributed by atoms with E-state index in [1.807, 2.05) is 0 Å². The number of hydrogen-bond donors (Lipinski definition) is 1. The third-order valence-electron chi connectivity index (χ3n) is 4.53. The molecule has 2 heterocycles. The van der Waals surface area contributed by atoms with Gasteiger partial charge in [0, 0.05) is 19.3 Å². The average molecular weight is 277 g/mol. The summed E-state index contributed by atoms with van der Waals surface area (Å²) in [5.41, 5.74) is 0.338. The van der Waals surface area contributed by atoms with Crippen molar-refractivity contribution in [3.63, 3.8) is 0 Å². The van der Waals surface area contributed by atoms with Crippen molar-refractivity contribution in [2.24, 2.45) is 13.0 Å². The first-order valence-electron chi connectivity index (χ1n) is 7.11. The first kappa shape index (κ1) is 13.1. The number of carboxylic acid groups (broad SMARTS) is 1. The van der Waals surface area contributed by atoms with Crippen molar-refractivity contribution in [2.45, 2.75) is 44.2 Å². The van der Waals surface area contributed by atoms with Gasteiger partial charge in [0.1, 0.15) is 11.7 Å². The molecule has 2 fully saturated rings. The molecule has 1 aliphatic carbocycles. The van der Waals surface area contributed by atoms with Crippen LogP contribution in [0.5, 0.6) is 0 Å². The first-order chi connectivity index (χ1) is 9.58. The van der Waals surface area contributed by atoms with Gasteiger partial charge in [0.25, 0.3) is 5.91 Å². The maximum absolute atomic E-state index is 12.6. The lowest BCUT2D eigenvalue weighted by molar-refractivity contribution is -0.141. The fourth-order valence-electron chi connectivity index (χ4n) is 3.63. The molecule has 0 spiro atoms. The number of fused-ring (bicyclic) bond motifs is 1. The average Bonchev–Trinajstić information content (AvgIpc) is 3.01. The number of carbonyl (C=O) groups is 2. The van der Waals surface area contributed by atoms with Crippen molar-refractivity contribution >= 4 is 11.9 Å². The van der Waals surface area contributed by atoms with Gasteiger partial charge in [-0.05, 0) is 25.2 Å². The fourth-order valence-corrected chi connectivity index (χ4v) is 3.63. The van der Waals surface area contributed by atoms with Crippen LogP contribution >= 0.6 is 0 Å². The number of carboxylic acids is 1. The number of likely N-dealkylation sites (tertiary alicyclic amines) is 1. The van der Waals surface area contributed by atoms with Crippen LogP contribution in [0.4, 0.5) is 0 Å². The normalized spacial score (nSPS) is 29.2. The van der Waals surface area contributed by atoms with Crippen LogP contribution in [0.1, 0.15) is 42.6 Å². The monoisotopic (exact) mass is 277 g/mol. The molecule has 1 aromatic rings. The van der Waals surface area contributed by atoms with E-state index in [4.69, 9.17) is 0 Å². The van der Waals surface area contributed by atoms with Crippen LogP contribution < -0.4 is 0 Å². The summed E-state index contributed by atoms with van der Waals surface area (Å²) in [4.78, 5) is 29.7. The molecule has 0 unspecified atom stereocenters. The van der Waals surface area contributed by atoms with E-state index in [1.54, 1.807) is 29.0 Å². The minimum absolute atomic E-state index is 0.0688. The fraction of sp³-hybridized carbons (Fsp3) is 0.643. The Kier molecular flexibility index (Phi) is 3.23. The second-order valence-electron chi connectivity index (χ2n) is 5.84. The Morgan fingerprint density at radius 3 is 2.75 bits per heavy atom. The van der Waals surface area contributed by atoms with Gasteiger partial charge in [-0.3, -0.25) is 4.79 Å². The molecular formula is C14H19N3O3. The van der Waals surface area contributed by atoms with Gasteiger partial charge in [-0.2, -0.15) is 0 Å². The number of amides is 1. The van der Waals surface area contributed by atoms with Crippen LogP contribution in [-0.2, 0) is 11.8 Å². The van der Waals surface area contributed by atoms with Crippen LogP contribution in [0.3, 0.4) is 0 Å². The summed E-state index contributed by atoms with van der Waals surface area (Å²) in [5, 5.41) is 9.41. The number of hydrogen-bond acceptors (Lipinski definition) is 3. The minimum Gasteiger partial charge on any atom is -0.480 e. The lowest BCUT2D eigenvalue weighted by atomic mass is 9.84. The zero-order valence-electron chi connectivity index (χ0n) is 11.5. The highest BCUT2D eigenvalue weighted by Crippen LogP contribution is 2.40. The second kappa shape index (κ2) is 4.92. The third kappa shape index (κ3) is 2.09. The summed E-state index contributed by atoms with van der Waals surface area (Å²) in [5.74, 6) is -0.811. The molecular weight excluding hydrogens is 258 g/mol. The van der Waals surface area contributed by atoms with Crippen LogP contribution in [0.15, 0.2) is 12.5 Å². The van der Waals surface area contributed by atoms with Gasteiger partial charge in [0.05, 0.1) is 6.33 Å². The summed E-state index contributed by atoms with van der Waals surface area (Å²) < 4.78 is 1.71. The molecule has 1 aromatic heterocycles. The van der Waals surface area contributed by atoms with Crippen LogP contribution in [0.25, 0.3) is 0 Å². The van der Waals surface area contributed by atoms with Crippen molar-refractivity contribution in [1.82, 2.24) is 14.5 Å². The Morgan fingerprint density at radius 2 is 2.10 bits per heavy atom. The molecule has 1 N–H and O–H groups in total. The van der Waals surface area contributed by atoms with Crippen molar-refractivity contribution in [3.8, 4) is 0 Å². The zero-order chi connectivity index (χ0) is 14.3. The van der Waals surface area contributed by atoms with E-state index >= 15 is 0 Å². The van der Waals surface area contributed by atoms with Crippen molar-refractivity contribution in [2.75, 3.05) is 0 Å². The summed E-state index contributed by atoms with van der Waals surface area (Å²) in [6.45, 7) is 0. The number of nitrogens with zero attached hydrogens (tertiary/aromatic N) is 3. The van der Waals surface area contributed by atoms with Gasteiger partial charge in [0.2, 0.25) is 0 Å². The zero-order valence-corrected chi connectivity index (χ0v) is 11.5. The van der Waals surface area contributed by atoms with Gasteiger partial charge in [-0.15, -0.1) is 0 Å². The molecule has 1 aliphatic heterocycles. The van der Waals surface area contributed by atoms with Gasteiger partial charge in [-0.25, -0.2) is 9.78 Å². The molecule has 1 amide bonds. The molecule has 20 heavy (non-hydrogen) atoms. The van der Waals surface area contributed by atoms with E-state index in [0.717, 1.165) is 25.7 Å². The minimum atomic E-state index is -0.899. The van der Waals surface area contributed by atoms with Crippen molar-refractivity contribution in [3.05, 3.63) is 18.2 Å². The van der Waals surface area contributed by atoms with Crippen molar-refractivity contribution < 1.29 is 14.7 Å². The second-order valence-corrected chi connectivity index (χ2v) is 5.84. The van der Waals surface area contributed by atoms with Crippen molar-refractivity contribution in [1.29, 1.82) is 0 Å². The van der Waals surface area contributed by atoms with E-state index in [1.165, 1.54) is 0 Å². The Morgan fingerprint density at radius 1 is 1.35 bits per heavy atom. The summed E-state index contributed by atoms with van der Waals surface area (Å²) in [6, 6.07) is -0.628. The topological polar surface area (TPSA) is 75.4 Å². The molecule has 108 valence electrons. The number of aliphatic carboxylic acids is 1. The Hall–Kier alpha value is -1.85. The van der Waals surface area contributed by atoms with Crippen LogP contribution in [-0.4, -0.2) is 43.5 Å². The number of aryl methyl sites for hydroxylation is 1. The molecule has 6 heteroatoms. The maximum atomic E-state index is 12.6. The molecule has 3 atom stereocenters. The Labute approximate surface area is 117 Å².